The third-order valence-electron chi connectivity index (χ3n) is 4.69. The van der Waals surface area contributed by atoms with Crippen LogP contribution in [0.15, 0.2) is 65.8 Å². The van der Waals surface area contributed by atoms with E-state index < -0.39 is 0 Å². The second-order valence-electron chi connectivity index (χ2n) is 6.34. The van der Waals surface area contributed by atoms with Gasteiger partial charge in [-0.15, -0.1) is 10.2 Å². The largest absolute Gasteiger partial charge is 0.342 e. The lowest BCUT2D eigenvalue weighted by Crippen LogP contribution is -2.34. The number of hydrogen-bond acceptors (Lipinski definition) is 4. The number of rotatable bonds is 8. The first-order valence-corrected chi connectivity index (χ1v) is 10.6. The van der Waals surface area contributed by atoms with E-state index in [2.05, 4.69) is 21.7 Å². The zero-order valence-corrected chi connectivity index (χ0v) is 17.4. The minimum Gasteiger partial charge on any atom is -0.342 e. The standard InChI is InChI=1S/C22H26N4OS/c1-4-25(5-2)21(27)19(17-13-9-7-10-14-17)28-22-24-23-20(26(22)6-3)18-15-11-8-12-16-18/h7-16,19H,4-6H2,1-3H3/t19-/m0/s1. The molecule has 0 fully saturated rings. The van der Waals surface area contributed by atoms with Crippen LogP contribution < -0.4 is 0 Å². The Morgan fingerprint density at radius 1 is 0.964 bits per heavy atom. The van der Waals surface area contributed by atoms with Crippen LogP contribution in [0.3, 0.4) is 0 Å². The zero-order chi connectivity index (χ0) is 19.9. The van der Waals surface area contributed by atoms with Gasteiger partial charge in [0.1, 0.15) is 5.25 Å². The lowest BCUT2D eigenvalue weighted by Gasteiger charge is -2.25. The second kappa shape index (κ2) is 9.55. The fourth-order valence-corrected chi connectivity index (χ4v) is 4.34. The minimum absolute atomic E-state index is 0.105. The van der Waals surface area contributed by atoms with Gasteiger partial charge in [-0.05, 0) is 26.3 Å². The van der Waals surface area contributed by atoms with Crippen LogP contribution in [0.1, 0.15) is 31.6 Å². The molecule has 0 spiro atoms. The SMILES string of the molecule is CCN(CC)C(=O)[C@@H](Sc1nnc(-c2ccccc2)n1CC)c1ccccc1. The lowest BCUT2D eigenvalue weighted by molar-refractivity contribution is -0.130. The molecule has 0 aliphatic carbocycles. The van der Waals surface area contributed by atoms with Crippen LogP contribution in [0.2, 0.25) is 0 Å². The molecule has 5 nitrogen and oxygen atoms in total. The van der Waals surface area contributed by atoms with Gasteiger partial charge < -0.3 is 9.47 Å². The third-order valence-corrected chi connectivity index (χ3v) is 5.91. The van der Waals surface area contributed by atoms with Gasteiger partial charge in [0.2, 0.25) is 5.91 Å². The van der Waals surface area contributed by atoms with Crippen molar-refractivity contribution in [1.82, 2.24) is 19.7 Å². The summed E-state index contributed by atoms with van der Waals surface area (Å²) >= 11 is 1.47. The molecule has 3 aromatic rings. The quantitative estimate of drug-likeness (QED) is 0.521. The first-order chi connectivity index (χ1) is 13.7. The lowest BCUT2D eigenvalue weighted by atomic mass is 10.1. The van der Waals surface area contributed by atoms with Gasteiger partial charge >= 0.3 is 0 Å². The number of thioether (sulfide) groups is 1. The molecule has 0 N–H and O–H groups in total. The average molecular weight is 395 g/mol. The first-order valence-electron chi connectivity index (χ1n) is 9.68. The van der Waals surface area contributed by atoms with Crippen molar-refractivity contribution in [2.24, 2.45) is 0 Å². The molecular weight excluding hydrogens is 368 g/mol. The Labute approximate surface area is 170 Å². The number of carbonyl (C=O) groups excluding carboxylic acids is 1. The van der Waals surface area contributed by atoms with Gasteiger partial charge in [0.25, 0.3) is 0 Å². The van der Waals surface area contributed by atoms with E-state index in [1.807, 2.05) is 79.4 Å². The number of aromatic nitrogens is 3. The monoisotopic (exact) mass is 394 g/mol. The van der Waals surface area contributed by atoms with Crippen LogP contribution in [0.25, 0.3) is 11.4 Å². The van der Waals surface area contributed by atoms with Crippen molar-refractivity contribution in [3.8, 4) is 11.4 Å². The molecule has 1 aromatic heterocycles. The van der Waals surface area contributed by atoms with Crippen LogP contribution in [-0.2, 0) is 11.3 Å². The molecule has 0 aliphatic heterocycles. The van der Waals surface area contributed by atoms with Crippen LogP contribution in [-0.4, -0.2) is 38.7 Å². The molecule has 0 unspecified atom stereocenters. The Balaban J connectivity index is 1.97. The predicted molar refractivity (Wildman–Crippen MR) is 114 cm³/mol. The van der Waals surface area contributed by atoms with Crippen LogP contribution in [0.5, 0.6) is 0 Å². The molecule has 28 heavy (non-hydrogen) atoms. The number of hydrogen-bond donors (Lipinski definition) is 0. The number of nitrogens with zero attached hydrogens (tertiary/aromatic N) is 4. The number of amides is 1. The maximum atomic E-state index is 13.2. The van der Waals surface area contributed by atoms with Gasteiger partial charge in [-0.3, -0.25) is 4.79 Å². The Morgan fingerprint density at radius 2 is 1.57 bits per heavy atom. The van der Waals surface area contributed by atoms with E-state index in [1.165, 1.54) is 11.8 Å². The Bertz CT molecular complexity index is 891. The fraction of sp³-hybridized carbons (Fsp3) is 0.318. The van der Waals surface area contributed by atoms with Crippen molar-refractivity contribution >= 4 is 17.7 Å². The van der Waals surface area contributed by atoms with Crippen LogP contribution in [0.4, 0.5) is 0 Å². The van der Waals surface area contributed by atoms with E-state index >= 15 is 0 Å². The molecule has 3 rings (SSSR count). The van der Waals surface area contributed by atoms with E-state index in [1.54, 1.807) is 0 Å². The molecule has 0 aliphatic rings. The molecule has 146 valence electrons. The highest BCUT2D eigenvalue weighted by molar-refractivity contribution is 8.00. The molecule has 2 aromatic carbocycles. The summed E-state index contributed by atoms with van der Waals surface area (Å²) in [5, 5.41) is 9.25. The normalized spacial score (nSPS) is 12.0. The molecular formula is C22H26N4OS. The maximum absolute atomic E-state index is 13.2. The van der Waals surface area contributed by atoms with Crippen molar-refractivity contribution in [3.05, 3.63) is 66.2 Å². The van der Waals surface area contributed by atoms with Crippen LogP contribution in [0, 0.1) is 0 Å². The summed E-state index contributed by atoms with van der Waals surface area (Å²) in [5.74, 6) is 0.931. The molecule has 1 amide bonds. The van der Waals surface area contributed by atoms with Gasteiger partial charge in [-0.2, -0.15) is 0 Å². The molecule has 0 saturated carbocycles. The van der Waals surface area contributed by atoms with E-state index in [0.29, 0.717) is 13.1 Å². The van der Waals surface area contributed by atoms with E-state index in [4.69, 9.17) is 0 Å². The van der Waals surface area contributed by atoms with Crippen molar-refractivity contribution < 1.29 is 4.79 Å². The molecule has 1 atom stereocenters. The summed E-state index contributed by atoms with van der Waals surface area (Å²) in [6.07, 6.45) is 0. The third kappa shape index (κ3) is 4.28. The summed E-state index contributed by atoms with van der Waals surface area (Å²) in [5.41, 5.74) is 2.01. The van der Waals surface area contributed by atoms with Crippen molar-refractivity contribution in [2.45, 2.75) is 37.7 Å². The van der Waals surface area contributed by atoms with Crippen molar-refractivity contribution in [3.63, 3.8) is 0 Å². The average Bonchev–Trinajstić information content (AvgIpc) is 3.16. The summed E-state index contributed by atoms with van der Waals surface area (Å²) < 4.78 is 2.07. The van der Waals surface area contributed by atoms with E-state index in [-0.39, 0.29) is 11.2 Å². The zero-order valence-electron chi connectivity index (χ0n) is 16.6. The molecule has 0 saturated heterocycles. The Hall–Kier alpha value is -2.60. The number of likely N-dealkylation sites (N-methyl/N-ethyl adjacent to an activating group) is 1. The summed E-state index contributed by atoms with van der Waals surface area (Å²) in [4.78, 5) is 15.1. The summed E-state index contributed by atoms with van der Waals surface area (Å²) in [6, 6.07) is 19.9. The maximum Gasteiger partial charge on any atom is 0.240 e. The molecule has 6 heteroatoms. The fourth-order valence-electron chi connectivity index (χ4n) is 3.16. The van der Waals surface area contributed by atoms with Gasteiger partial charge in [0.15, 0.2) is 11.0 Å². The van der Waals surface area contributed by atoms with Gasteiger partial charge in [-0.25, -0.2) is 0 Å². The van der Waals surface area contributed by atoms with E-state index in [9.17, 15) is 4.79 Å². The minimum atomic E-state index is -0.348. The number of carbonyl (C=O) groups is 1. The summed E-state index contributed by atoms with van der Waals surface area (Å²) in [6.45, 7) is 8.21. The van der Waals surface area contributed by atoms with Gasteiger partial charge in [-0.1, -0.05) is 72.4 Å². The van der Waals surface area contributed by atoms with Gasteiger partial charge in [0.05, 0.1) is 0 Å². The van der Waals surface area contributed by atoms with E-state index in [0.717, 1.165) is 28.7 Å². The predicted octanol–water partition coefficient (Wildman–Crippen LogP) is 4.67. The summed E-state index contributed by atoms with van der Waals surface area (Å²) in [7, 11) is 0. The first kappa shape index (κ1) is 20.1. The smallest absolute Gasteiger partial charge is 0.240 e. The topological polar surface area (TPSA) is 51.0 Å². The number of benzene rings is 2. The van der Waals surface area contributed by atoms with Crippen molar-refractivity contribution in [2.75, 3.05) is 13.1 Å². The van der Waals surface area contributed by atoms with Gasteiger partial charge in [0, 0.05) is 25.2 Å². The Kier molecular flexibility index (Phi) is 6.87. The molecule has 1 heterocycles. The highest BCUT2D eigenvalue weighted by Crippen LogP contribution is 2.37. The second-order valence-corrected chi connectivity index (χ2v) is 7.41. The molecule has 0 bridgehead atoms. The van der Waals surface area contributed by atoms with Crippen LogP contribution >= 0.6 is 11.8 Å². The molecule has 0 radical (unpaired) electrons. The Morgan fingerprint density at radius 3 is 2.14 bits per heavy atom. The highest BCUT2D eigenvalue weighted by atomic mass is 32.2. The van der Waals surface area contributed by atoms with Crippen molar-refractivity contribution in [1.29, 1.82) is 0 Å². The highest BCUT2D eigenvalue weighted by Gasteiger charge is 2.28.